The maximum atomic E-state index is 5.36. The van der Waals surface area contributed by atoms with E-state index in [0.29, 0.717) is 5.92 Å². The maximum Gasteiger partial charge on any atom is 0.170 e. The SMILES string of the molecule is COc1ccc(C(C)C)cc1-c1cc(C)no1. The Morgan fingerprint density at radius 1 is 1.24 bits per heavy atom. The van der Waals surface area contributed by atoms with Crippen molar-refractivity contribution in [3.05, 3.63) is 35.5 Å². The van der Waals surface area contributed by atoms with Gasteiger partial charge in [0, 0.05) is 6.07 Å². The Balaban J connectivity index is 2.53. The van der Waals surface area contributed by atoms with Crippen LogP contribution in [-0.2, 0) is 0 Å². The lowest BCUT2D eigenvalue weighted by molar-refractivity contribution is 0.404. The molecule has 0 amide bonds. The Hall–Kier alpha value is -1.77. The number of aromatic nitrogens is 1. The molecule has 17 heavy (non-hydrogen) atoms. The van der Waals surface area contributed by atoms with Crippen LogP contribution in [0.1, 0.15) is 31.0 Å². The molecule has 90 valence electrons. The molecule has 0 radical (unpaired) electrons. The van der Waals surface area contributed by atoms with Gasteiger partial charge in [0.15, 0.2) is 5.76 Å². The lowest BCUT2D eigenvalue weighted by atomic mass is 9.99. The number of ether oxygens (including phenoxy) is 1. The van der Waals surface area contributed by atoms with E-state index in [-0.39, 0.29) is 0 Å². The highest BCUT2D eigenvalue weighted by atomic mass is 16.5. The van der Waals surface area contributed by atoms with Crippen molar-refractivity contribution < 1.29 is 9.26 Å². The van der Waals surface area contributed by atoms with E-state index in [1.807, 2.05) is 19.1 Å². The van der Waals surface area contributed by atoms with Gasteiger partial charge in [0.05, 0.1) is 18.4 Å². The number of methoxy groups -OCH3 is 1. The molecule has 0 saturated carbocycles. The third-order valence-electron chi connectivity index (χ3n) is 2.78. The third-order valence-corrected chi connectivity index (χ3v) is 2.78. The molecule has 0 saturated heterocycles. The molecular formula is C14H17NO2. The van der Waals surface area contributed by atoms with Gasteiger partial charge >= 0.3 is 0 Å². The van der Waals surface area contributed by atoms with Gasteiger partial charge in [0.2, 0.25) is 0 Å². The predicted octanol–water partition coefficient (Wildman–Crippen LogP) is 3.78. The minimum absolute atomic E-state index is 0.476. The van der Waals surface area contributed by atoms with Crippen molar-refractivity contribution in [1.82, 2.24) is 5.16 Å². The van der Waals surface area contributed by atoms with Gasteiger partial charge in [0.1, 0.15) is 5.75 Å². The van der Waals surface area contributed by atoms with Gasteiger partial charge in [-0.1, -0.05) is 25.1 Å². The van der Waals surface area contributed by atoms with Crippen molar-refractivity contribution in [3.8, 4) is 17.1 Å². The third kappa shape index (κ3) is 2.33. The van der Waals surface area contributed by atoms with E-state index in [0.717, 1.165) is 22.8 Å². The van der Waals surface area contributed by atoms with E-state index in [2.05, 4.69) is 31.1 Å². The molecule has 0 aliphatic carbocycles. The fourth-order valence-electron chi connectivity index (χ4n) is 1.77. The van der Waals surface area contributed by atoms with Gasteiger partial charge < -0.3 is 9.26 Å². The minimum Gasteiger partial charge on any atom is -0.496 e. The number of benzene rings is 1. The van der Waals surface area contributed by atoms with Crippen LogP contribution in [0.5, 0.6) is 5.75 Å². The second kappa shape index (κ2) is 4.62. The van der Waals surface area contributed by atoms with E-state index in [1.54, 1.807) is 7.11 Å². The summed E-state index contributed by atoms with van der Waals surface area (Å²) in [7, 11) is 1.66. The molecule has 0 atom stereocenters. The number of nitrogens with zero attached hydrogens (tertiary/aromatic N) is 1. The van der Waals surface area contributed by atoms with Gasteiger partial charge in [-0.3, -0.25) is 0 Å². The normalized spacial score (nSPS) is 10.9. The van der Waals surface area contributed by atoms with Crippen molar-refractivity contribution in [2.75, 3.05) is 7.11 Å². The summed E-state index contributed by atoms with van der Waals surface area (Å²) < 4.78 is 10.7. The summed E-state index contributed by atoms with van der Waals surface area (Å²) >= 11 is 0. The van der Waals surface area contributed by atoms with E-state index in [1.165, 1.54) is 5.56 Å². The summed E-state index contributed by atoms with van der Waals surface area (Å²) in [4.78, 5) is 0. The molecule has 2 aromatic rings. The lowest BCUT2D eigenvalue weighted by Gasteiger charge is -2.10. The van der Waals surface area contributed by atoms with Gasteiger partial charge in [0.25, 0.3) is 0 Å². The number of hydrogen-bond donors (Lipinski definition) is 0. The van der Waals surface area contributed by atoms with Crippen LogP contribution < -0.4 is 4.74 Å². The van der Waals surface area contributed by atoms with Crippen molar-refractivity contribution in [2.24, 2.45) is 0 Å². The maximum absolute atomic E-state index is 5.36. The highest BCUT2D eigenvalue weighted by Crippen LogP contribution is 2.33. The number of aryl methyl sites for hydroxylation is 1. The minimum atomic E-state index is 0.476. The fraction of sp³-hybridized carbons (Fsp3) is 0.357. The zero-order valence-corrected chi connectivity index (χ0v) is 10.7. The van der Waals surface area contributed by atoms with E-state index in [4.69, 9.17) is 9.26 Å². The van der Waals surface area contributed by atoms with E-state index >= 15 is 0 Å². The molecule has 1 heterocycles. The molecule has 0 aliphatic heterocycles. The summed E-state index contributed by atoms with van der Waals surface area (Å²) in [5.41, 5.74) is 3.09. The van der Waals surface area contributed by atoms with Crippen molar-refractivity contribution in [2.45, 2.75) is 26.7 Å². The number of rotatable bonds is 3. The zero-order valence-electron chi connectivity index (χ0n) is 10.7. The van der Waals surface area contributed by atoms with Crippen LogP contribution in [0.3, 0.4) is 0 Å². The van der Waals surface area contributed by atoms with E-state index in [9.17, 15) is 0 Å². The highest BCUT2D eigenvalue weighted by Gasteiger charge is 2.12. The molecule has 0 unspecified atom stereocenters. The molecule has 2 rings (SSSR count). The monoisotopic (exact) mass is 231 g/mol. The standard InChI is InChI=1S/C14H17NO2/c1-9(2)11-5-6-13(16-4)12(8-11)14-7-10(3)15-17-14/h5-9H,1-4H3. The van der Waals surface area contributed by atoms with Crippen molar-refractivity contribution in [1.29, 1.82) is 0 Å². The zero-order chi connectivity index (χ0) is 12.4. The molecule has 0 fully saturated rings. The Morgan fingerprint density at radius 2 is 2.00 bits per heavy atom. The topological polar surface area (TPSA) is 35.3 Å². The first kappa shape index (κ1) is 11.7. The fourth-order valence-corrected chi connectivity index (χ4v) is 1.77. The van der Waals surface area contributed by atoms with Gasteiger partial charge in [-0.25, -0.2) is 0 Å². The summed E-state index contributed by atoms with van der Waals surface area (Å²) in [5, 5.41) is 3.91. The van der Waals surface area contributed by atoms with Crippen LogP contribution >= 0.6 is 0 Å². The van der Waals surface area contributed by atoms with Crippen molar-refractivity contribution >= 4 is 0 Å². The van der Waals surface area contributed by atoms with E-state index < -0.39 is 0 Å². The number of hydrogen-bond acceptors (Lipinski definition) is 3. The summed E-state index contributed by atoms with van der Waals surface area (Å²) in [6.07, 6.45) is 0. The van der Waals surface area contributed by atoms with Gasteiger partial charge in [-0.05, 0) is 30.5 Å². The molecular weight excluding hydrogens is 214 g/mol. The average Bonchev–Trinajstić information content (AvgIpc) is 2.74. The van der Waals surface area contributed by atoms with Crippen LogP contribution in [-0.4, -0.2) is 12.3 Å². The second-order valence-corrected chi connectivity index (χ2v) is 4.45. The first-order chi connectivity index (χ1) is 8.11. The quantitative estimate of drug-likeness (QED) is 0.806. The lowest BCUT2D eigenvalue weighted by Crippen LogP contribution is -1.92. The Morgan fingerprint density at radius 3 is 2.53 bits per heavy atom. The molecule has 0 spiro atoms. The first-order valence-electron chi connectivity index (χ1n) is 5.73. The average molecular weight is 231 g/mol. The molecule has 0 aliphatic rings. The molecule has 3 heteroatoms. The largest absolute Gasteiger partial charge is 0.496 e. The molecule has 3 nitrogen and oxygen atoms in total. The molecule has 1 aromatic carbocycles. The molecule has 0 N–H and O–H groups in total. The Bertz CT molecular complexity index is 515. The van der Waals surface area contributed by atoms with Crippen LogP contribution in [0.2, 0.25) is 0 Å². The smallest absolute Gasteiger partial charge is 0.170 e. The molecule has 0 bridgehead atoms. The Kier molecular flexibility index (Phi) is 3.18. The molecule has 1 aromatic heterocycles. The summed E-state index contributed by atoms with van der Waals surface area (Å²) in [6, 6.07) is 8.07. The van der Waals surface area contributed by atoms with Gasteiger partial charge in [-0.2, -0.15) is 0 Å². The first-order valence-corrected chi connectivity index (χ1v) is 5.73. The highest BCUT2D eigenvalue weighted by molar-refractivity contribution is 5.67. The Labute approximate surface area is 101 Å². The van der Waals surface area contributed by atoms with Crippen LogP contribution in [0.4, 0.5) is 0 Å². The predicted molar refractivity (Wildman–Crippen MR) is 67.3 cm³/mol. The van der Waals surface area contributed by atoms with Gasteiger partial charge in [-0.15, -0.1) is 0 Å². The van der Waals surface area contributed by atoms with Crippen LogP contribution in [0, 0.1) is 6.92 Å². The summed E-state index contributed by atoms with van der Waals surface area (Å²) in [6.45, 7) is 6.24. The van der Waals surface area contributed by atoms with Crippen LogP contribution in [0.25, 0.3) is 11.3 Å². The second-order valence-electron chi connectivity index (χ2n) is 4.45. The summed E-state index contributed by atoms with van der Waals surface area (Å²) in [5.74, 6) is 2.04. The van der Waals surface area contributed by atoms with Crippen LogP contribution in [0.15, 0.2) is 28.8 Å². The van der Waals surface area contributed by atoms with Crippen molar-refractivity contribution in [3.63, 3.8) is 0 Å².